The zero-order valence-electron chi connectivity index (χ0n) is 8.57. The average molecular weight is 237 g/mol. The molecule has 0 bridgehead atoms. The number of benzene rings is 1. The molecule has 0 aliphatic heterocycles. The Labute approximate surface area is 96.9 Å². The second-order valence-electron chi connectivity index (χ2n) is 3.46. The Morgan fingerprint density at radius 1 is 1.44 bits per heavy atom. The molecular weight excluding hydrogens is 228 g/mol. The first-order chi connectivity index (χ1) is 7.56. The summed E-state index contributed by atoms with van der Waals surface area (Å²) in [5, 5.41) is 10.1. The fourth-order valence-electron chi connectivity index (χ4n) is 1.53. The number of carbonyl (C=O) groups is 1. The van der Waals surface area contributed by atoms with Gasteiger partial charge in [-0.1, -0.05) is 11.6 Å². The van der Waals surface area contributed by atoms with Gasteiger partial charge in [0.15, 0.2) is 0 Å². The number of carboxylic acids is 1. The molecule has 0 saturated heterocycles. The zero-order valence-corrected chi connectivity index (χ0v) is 9.32. The van der Waals surface area contributed by atoms with Gasteiger partial charge in [0.25, 0.3) is 0 Å². The molecule has 2 aromatic rings. The quantitative estimate of drug-likeness (QED) is 0.869. The third-order valence-corrected chi connectivity index (χ3v) is 2.44. The molecule has 1 heterocycles. The molecule has 2 rings (SSSR count). The number of aromatic nitrogens is 2. The first-order valence-electron chi connectivity index (χ1n) is 4.71. The van der Waals surface area contributed by atoms with Crippen molar-refractivity contribution < 1.29 is 9.90 Å². The van der Waals surface area contributed by atoms with E-state index >= 15 is 0 Å². The van der Waals surface area contributed by atoms with Crippen LogP contribution in [0, 0.1) is 6.92 Å². The highest BCUT2D eigenvalue weighted by atomic mass is 35.5. The molecule has 1 aromatic heterocycles. The van der Waals surface area contributed by atoms with E-state index in [4.69, 9.17) is 16.7 Å². The molecule has 1 aromatic carbocycles. The van der Waals surface area contributed by atoms with E-state index in [1.165, 1.54) is 0 Å². The molecule has 4 nitrogen and oxygen atoms in total. The topological polar surface area (TPSA) is 63.1 Å². The molecule has 0 aliphatic rings. The average Bonchev–Trinajstić information content (AvgIpc) is 2.18. The minimum absolute atomic E-state index is 0.167. The lowest BCUT2D eigenvalue weighted by atomic mass is 10.2. The third kappa shape index (κ3) is 2.12. The summed E-state index contributed by atoms with van der Waals surface area (Å²) in [5.41, 5.74) is 1.46. The molecule has 16 heavy (non-hydrogen) atoms. The van der Waals surface area contributed by atoms with Crippen LogP contribution in [0.2, 0.25) is 5.02 Å². The highest BCUT2D eigenvalue weighted by Gasteiger charge is 2.08. The van der Waals surface area contributed by atoms with Crippen molar-refractivity contribution in [3.63, 3.8) is 0 Å². The molecule has 5 heteroatoms. The van der Waals surface area contributed by atoms with Gasteiger partial charge >= 0.3 is 5.97 Å². The van der Waals surface area contributed by atoms with Crippen LogP contribution in [0.25, 0.3) is 10.9 Å². The highest BCUT2D eigenvalue weighted by Crippen LogP contribution is 2.20. The van der Waals surface area contributed by atoms with Crippen LogP contribution in [0.1, 0.15) is 11.5 Å². The van der Waals surface area contributed by atoms with Gasteiger partial charge in [0.2, 0.25) is 0 Å². The number of nitrogens with zero attached hydrogens (tertiary/aromatic N) is 2. The van der Waals surface area contributed by atoms with Gasteiger partial charge in [0.05, 0.1) is 5.52 Å². The monoisotopic (exact) mass is 236 g/mol. The van der Waals surface area contributed by atoms with Gasteiger partial charge in [-0.3, -0.25) is 4.79 Å². The number of aryl methyl sites for hydroxylation is 1. The Bertz CT molecular complexity index is 569. The van der Waals surface area contributed by atoms with Gasteiger partial charge < -0.3 is 5.11 Å². The lowest BCUT2D eigenvalue weighted by molar-refractivity contribution is -0.136. The van der Waals surface area contributed by atoms with Gasteiger partial charge in [0.1, 0.15) is 12.2 Å². The fraction of sp³-hybridized carbons (Fsp3) is 0.182. The first-order valence-corrected chi connectivity index (χ1v) is 5.08. The number of aliphatic carboxylic acids is 1. The van der Waals surface area contributed by atoms with E-state index in [-0.39, 0.29) is 6.42 Å². The Balaban J connectivity index is 2.59. The van der Waals surface area contributed by atoms with E-state index in [9.17, 15) is 4.79 Å². The van der Waals surface area contributed by atoms with Gasteiger partial charge in [0, 0.05) is 16.1 Å². The Morgan fingerprint density at radius 3 is 2.88 bits per heavy atom. The molecular formula is C11H9ClN2O2. The van der Waals surface area contributed by atoms with Crippen LogP contribution in [0.5, 0.6) is 0 Å². The summed E-state index contributed by atoms with van der Waals surface area (Å²) in [6.45, 7) is 1.81. The van der Waals surface area contributed by atoms with E-state index in [0.29, 0.717) is 16.4 Å². The van der Waals surface area contributed by atoms with Crippen molar-refractivity contribution >= 4 is 28.5 Å². The standard InChI is InChI=1S/C11H9ClN2O2/c1-6-8-4-7(12)2-3-9(8)14-10(13-6)5-11(15)16/h2-4H,5H2,1H3,(H,15,16). The van der Waals surface area contributed by atoms with Crippen molar-refractivity contribution in [1.29, 1.82) is 0 Å². The van der Waals surface area contributed by atoms with Crippen molar-refractivity contribution in [3.8, 4) is 0 Å². The summed E-state index contributed by atoms with van der Waals surface area (Å²) in [6, 6.07) is 5.26. The van der Waals surface area contributed by atoms with Crippen LogP contribution in [-0.2, 0) is 11.2 Å². The van der Waals surface area contributed by atoms with Crippen molar-refractivity contribution in [2.45, 2.75) is 13.3 Å². The molecule has 82 valence electrons. The summed E-state index contributed by atoms with van der Waals surface area (Å²) in [6.07, 6.45) is -0.167. The smallest absolute Gasteiger partial charge is 0.311 e. The molecule has 0 fully saturated rings. The van der Waals surface area contributed by atoms with Crippen LogP contribution in [0.4, 0.5) is 0 Å². The predicted molar refractivity (Wildman–Crippen MR) is 60.6 cm³/mol. The normalized spacial score (nSPS) is 10.6. The number of halogens is 1. The van der Waals surface area contributed by atoms with Crippen LogP contribution >= 0.6 is 11.6 Å². The van der Waals surface area contributed by atoms with E-state index in [1.54, 1.807) is 18.2 Å². The van der Waals surface area contributed by atoms with Gasteiger partial charge in [-0.05, 0) is 25.1 Å². The lowest BCUT2D eigenvalue weighted by Gasteiger charge is -2.04. The Morgan fingerprint density at radius 2 is 2.19 bits per heavy atom. The first kappa shape index (κ1) is 10.8. The Kier molecular flexibility index (Phi) is 2.75. The molecule has 1 N–H and O–H groups in total. The maximum atomic E-state index is 10.6. The van der Waals surface area contributed by atoms with Gasteiger partial charge in [-0.2, -0.15) is 0 Å². The number of carboxylic acid groups (broad SMARTS) is 1. The molecule has 0 amide bonds. The van der Waals surface area contributed by atoms with Crippen molar-refractivity contribution in [2.75, 3.05) is 0 Å². The molecule has 0 atom stereocenters. The lowest BCUT2D eigenvalue weighted by Crippen LogP contribution is -2.06. The molecule has 0 aliphatic carbocycles. The zero-order chi connectivity index (χ0) is 11.7. The summed E-state index contributed by atoms with van der Waals surface area (Å²) in [5.74, 6) is -0.618. The Hall–Kier alpha value is -1.68. The SMILES string of the molecule is Cc1nc(CC(=O)O)nc2ccc(Cl)cc12. The molecule has 0 unspecified atom stereocenters. The maximum absolute atomic E-state index is 10.6. The summed E-state index contributed by atoms with van der Waals surface area (Å²) in [4.78, 5) is 18.9. The summed E-state index contributed by atoms with van der Waals surface area (Å²) < 4.78 is 0. The van der Waals surface area contributed by atoms with E-state index < -0.39 is 5.97 Å². The van der Waals surface area contributed by atoms with Crippen LogP contribution in [0.3, 0.4) is 0 Å². The molecule has 0 spiro atoms. The molecule has 0 saturated carbocycles. The van der Waals surface area contributed by atoms with Crippen LogP contribution in [0.15, 0.2) is 18.2 Å². The summed E-state index contributed by atoms with van der Waals surface area (Å²) in [7, 11) is 0. The predicted octanol–water partition coefficient (Wildman–Crippen LogP) is 2.22. The number of fused-ring (bicyclic) bond motifs is 1. The van der Waals surface area contributed by atoms with Crippen LogP contribution in [-0.4, -0.2) is 21.0 Å². The second kappa shape index (κ2) is 4.06. The van der Waals surface area contributed by atoms with Crippen molar-refractivity contribution in [3.05, 3.63) is 34.7 Å². The molecule has 0 radical (unpaired) electrons. The fourth-order valence-corrected chi connectivity index (χ4v) is 1.70. The van der Waals surface area contributed by atoms with Gasteiger partial charge in [-0.15, -0.1) is 0 Å². The largest absolute Gasteiger partial charge is 0.481 e. The van der Waals surface area contributed by atoms with Crippen molar-refractivity contribution in [2.24, 2.45) is 0 Å². The number of hydrogen-bond donors (Lipinski definition) is 1. The minimum Gasteiger partial charge on any atom is -0.481 e. The van der Waals surface area contributed by atoms with E-state index in [1.807, 2.05) is 6.92 Å². The number of hydrogen-bond acceptors (Lipinski definition) is 3. The second-order valence-corrected chi connectivity index (χ2v) is 3.89. The van der Waals surface area contributed by atoms with Gasteiger partial charge in [-0.25, -0.2) is 9.97 Å². The number of rotatable bonds is 2. The minimum atomic E-state index is -0.937. The van der Waals surface area contributed by atoms with E-state index in [2.05, 4.69) is 9.97 Å². The maximum Gasteiger partial charge on any atom is 0.311 e. The van der Waals surface area contributed by atoms with E-state index in [0.717, 1.165) is 11.1 Å². The summed E-state index contributed by atoms with van der Waals surface area (Å²) >= 11 is 5.87. The highest BCUT2D eigenvalue weighted by molar-refractivity contribution is 6.31. The van der Waals surface area contributed by atoms with Crippen molar-refractivity contribution in [1.82, 2.24) is 9.97 Å². The third-order valence-electron chi connectivity index (χ3n) is 2.20. The van der Waals surface area contributed by atoms with Crippen LogP contribution < -0.4 is 0 Å².